The molecule has 1 amide bonds. The zero-order valence-electron chi connectivity index (χ0n) is 12.3. The number of hydrogen-bond donors (Lipinski definition) is 2. The molecule has 24 heavy (non-hydrogen) atoms. The van der Waals surface area contributed by atoms with E-state index in [-0.39, 0.29) is 30.1 Å². The number of para-hydroxylation sites is 1. The number of amides is 1. The van der Waals surface area contributed by atoms with Crippen molar-refractivity contribution in [3.05, 3.63) is 29.8 Å². The van der Waals surface area contributed by atoms with Gasteiger partial charge in [0.25, 0.3) is 5.92 Å². The normalized spacial score (nSPS) is 20.1. The van der Waals surface area contributed by atoms with Crippen molar-refractivity contribution in [2.75, 3.05) is 13.1 Å². The number of benzene rings is 1. The Kier molecular flexibility index (Phi) is 6.40. The van der Waals surface area contributed by atoms with Crippen LogP contribution in [0.4, 0.5) is 22.0 Å². The lowest BCUT2D eigenvalue weighted by Gasteiger charge is -2.15. The van der Waals surface area contributed by atoms with E-state index >= 15 is 0 Å². The fourth-order valence-electron chi connectivity index (χ4n) is 2.25. The number of carbonyl (C=O) groups is 1. The van der Waals surface area contributed by atoms with Crippen LogP contribution in [0.1, 0.15) is 17.9 Å². The van der Waals surface area contributed by atoms with Crippen LogP contribution in [0.2, 0.25) is 0 Å². The second kappa shape index (κ2) is 7.52. The summed E-state index contributed by atoms with van der Waals surface area (Å²) in [7, 11) is 0. The van der Waals surface area contributed by atoms with Crippen molar-refractivity contribution in [2.45, 2.75) is 24.6 Å². The quantitative estimate of drug-likeness (QED) is 0.753. The third kappa shape index (κ3) is 5.48. The summed E-state index contributed by atoms with van der Waals surface area (Å²) >= 11 is 0. The minimum atomic E-state index is -4.84. The summed E-state index contributed by atoms with van der Waals surface area (Å²) in [6.45, 7) is -1.80. The Bertz CT molecular complexity index is 583. The van der Waals surface area contributed by atoms with Gasteiger partial charge in [-0.3, -0.25) is 4.79 Å². The highest BCUT2D eigenvalue weighted by molar-refractivity contribution is 5.85. The van der Waals surface area contributed by atoms with Crippen molar-refractivity contribution in [1.82, 2.24) is 5.32 Å². The number of alkyl halides is 5. The van der Waals surface area contributed by atoms with Gasteiger partial charge in [0.2, 0.25) is 5.91 Å². The average molecular weight is 375 g/mol. The third-order valence-electron chi connectivity index (χ3n) is 3.49. The van der Waals surface area contributed by atoms with Crippen LogP contribution < -0.4 is 15.8 Å². The number of carbonyl (C=O) groups excluding carboxylic acids is 1. The van der Waals surface area contributed by atoms with Gasteiger partial charge in [-0.1, -0.05) is 18.2 Å². The molecule has 10 heteroatoms. The fraction of sp³-hybridized carbons (Fsp3) is 0.500. The van der Waals surface area contributed by atoms with E-state index in [1.54, 1.807) is 0 Å². The average Bonchev–Trinajstić information content (AvgIpc) is 3.24. The van der Waals surface area contributed by atoms with Crippen molar-refractivity contribution < 1.29 is 31.5 Å². The first-order valence-electron chi connectivity index (χ1n) is 6.83. The van der Waals surface area contributed by atoms with Gasteiger partial charge in [0.1, 0.15) is 5.75 Å². The predicted octanol–water partition coefficient (Wildman–Crippen LogP) is 2.82. The van der Waals surface area contributed by atoms with Crippen LogP contribution in [0.15, 0.2) is 24.3 Å². The largest absolute Gasteiger partial charge is 0.573 e. The molecule has 1 aliphatic rings. The molecule has 0 saturated heterocycles. The molecule has 1 aromatic carbocycles. The SMILES string of the molecule is Cl.NCC(F)(F)CNC(=O)C1CC1c1ccccc1OC(F)(F)F. The zero-order chi connectivity index (χ0) is 17.3. The number of ether oxygens (including phenoxy) is 1. The van der Waals surface area contributed by atoms with Crippen LogP contribution in [0, 0.1) is 5.92 Å². The number of halogens is 6. The van der Waals surface area contributed by atoms with E-state index in [4.69, 9.17) is 5.73 Å². The van der Waals surface area contributed by atoms with Gasteiger partial charge in [0, 0.05) is 5.92 Å². The molecule has 0 aliphatic heterocycles. The molecule has 1 aliphatic carbocycles. The number of nitrogens with two attached hydrogens (primary N) is 1. The van der Waals surface area contributed by atoms with Gasteiger partial charge in [0.05, 0.1) is 13.1 Å². The Morgan fingerprint density at radius 3 is 2.46 bits per heavy atom. The molecule has 1 fully saturated rings. The molecule has 3 N–H and O–H groups in total. The van der Waals surface area contributed by atoms with Crippen LogP contribution in [-0.2, 0) is 4.79 Å². The molecule has 2 atom stereocenters. The van der Waals surface area contributed by atoms with E-state index in [0.717, 1.165) is 6.07 Å². The molecular weight excluding hydrogens is 359 g/mol. The molecule has 0 spiro atoms. The van der Waals surface area contributed by atoms with Gasteiger partial charge in [-0.25, -0.2) is 8.78 Å². The summed E-state index contributed by atoms with van der Waals surface area (Å²) in [4.78, 5) is 11.8. The van der Waals surface area contributed by atoms with Gasteiger partial charge in [0.15, 0.2) is 0 Å². The third-order valence-corrected chi connectivity index (χ3v) is 3.49. The van der Waals surface area contributed by atoms with Crippen molar-refractivity contribution in [3.8, 4) is 5.75 Å². The molecule has 0 bridgehead atoms. The summed E-state index contributed by atoms with van der Waals surface area (Å²) in [5, 5.41) is 2.07. The molecule has 136 valence electrons. The van der Waals surface area contributed by atoms with Gasteiger partial charge >= 0.3 is 6.36 Å². The van der Waals surface area contributed by atoms with Crippen molar-refractivity contribution in [1.29, 1.82) is 0 Å². The maximum Gasteiger partial charge on any atom is 0.573 e. The van der Waals surface area contributed by atoms with E-state index < -0.39 is 43.1 Å². The Balaban J connectivity index is 0.00000288. The first kappa shape index (κ1) is 20.4. The molecular formula is C14H16ClF5N2O2. The lowest BCUT2D eigenvalue weighted by atomic mass is 10.1. The van der Waals surface area contributed by atoms with E-state index in [0.29, 0.717) is 0 Å². The number of hydrogen-bond acceptors (Lipinski definition) is 3. The number of nitrogens with one attached hydrogen (secondary N) is 1. The first-order chi connectivity index (χ1) is 10.6. The minimum Gasteiger partial charge on any atom is -0.405 e. The molecule has 1 aromatic rings. The minimum absolute atomic E-state index is 0. The van der Waals surface area contributed by atoms with E-state index in [1.807, 2.05) is 0 Å². The maximum absolute atomic E-state index is 13.0. The summed E-state index contributed by atoms with van der Waals surface area (Å²) in [6, 6.07) is 5.48. The van der Waals surface area contributed by atoms with Gasteiger partial charge < -0.3 is 15.8 Å². The Morgan fingerprint density at radius 2 is 1.88 bits per heavy atom. The second-order valence-corrected chi connectivity index (χ2v) is 5.31. The maximum atomic E-state index is 13.0. The van der Waals surface area contributed by atoms with Crippen LogP contribution in [0.3, 0.4) is 0 Å². The Hall–Kier alpha value is -1.61. The molecule has 2 rings (SSSR count). The lowest BCUT2D eigenvalue weighted by Crippen LogP contribution is -2.42. The van der Waals surface area contributed by atoms with Gasteiger partial charge in [-0.2, -0.15) is 0 Å². The Morgan fingerprint density at radius 1 is 1.25 bits per heavy atom. The van der Waals surface area contributed by atoms with Crippen LogP contribution in [0.25, 0.3) is 0 Å². The Labute approximate surface area is 140 Å². The summed E-state index contributed by atoms with van der Waals surface area (Å²) in [5.74, 6) is -5.36. The van der Waals surface area contributed by atoms with Crippen molar-refractivity contribution in [3.63, 3.8) is 0 Å². The zero-order valence-corrected chi connectivity index (χ0v) is 13.1. The highest BCUT2D eigenvalue weighted by atomic mass is 35.5. The van der Waals surface area contributed by atoms with E-state index in [1.165, 1.54) is 18.2 Å². The molecule has 0 radical (unpaired) electrons. The van der Waals surface area contributed by atoms with Crippen molar-refractivity contribution >= 4 is 18.3 Å². The summed E-state index contributed by atoms with van der Waals surface area (Å²) in [6.07, 6.45) is -4.57. The highest BCUT2D eigenvalue weighted by Gasteiger charge is 2.46. The fourth-order valence-corrected chi connectivity index (χ4v) is 2.25. The van der Waals surface area contributed by atoms with Gasteiger partial charge in [-0.05, 0) is 24.0 Å². The van der Waals surface area contributed by atoms with Gasteiger partial charge in [-0.15, -0.1) is 25.6 Å². The topological polar surface area (TPSA) is 64.3 Å². The lowest BCUT2D eigenvalue weighted by molar-refractivity contribution is -0.274. The van der Waals surface area contributed by atoms with Crippen LogP contribution in [0.5, 0.6) is 5.75 Å². The van der Waals surface area contributed by atoms with Crippen molar-refractivity contribution in [2.24, 2.45) is 11.7 Å². The highest BCUT2D eigenvalue weighted by Crippen LogP contribution is 2.51. The molecule has 0 heterocycles. The second-order valence-electron chi connectivity index (χ2n) is 5.31. The monoisotopic (exact) mass is 374 g/mol. The summed E-state index contributed by atoms with van der Waals surface area (Å²) in [5.41, 5.74) is 5.09. The molecule has 0 aromatic heterocycles. The smallest absolute Gasteiger partial charge is 0.405 e. The molecule has 1 saturated carbocycles. The predicted molar refractivity (Wildman–Crippen MR) is 78.2 cm³/mol. The molecule has 2 unspecified atom stereocenters. The van der Waals surface area contributed by atoms with Crippen LogP contribution in [-0.4, -0.2) is 31.3 Å². The standard InChI is InChI=1S/C14H15F5N2O2.ClH/c15-13(16,6-20)7-21-12(22)10-5-9(10)8-3-1-2-4-11(8)23-14(17,18)19;/h1-4,9-10H,5-7,20H2,(H,21,22);1H. The van der Waals surface area contributed by atoms with E-state index in [9.17, 15) is 26.7 Å². The van der Waals surface area contributed by atoms with E-state index in [2.05, 4.69) is 10.1 Å². The summed E-state index contributed by atoms with van der Waals surface area (Å²) < 4.78 is 67.0. The number of rotatable bonds is 6. The first-order valence-corrected chi connectivity index (χ1v) is 6.83. The molecule has 4 nitrogen and oxygen atoms in total. The van der Waals surface area contributed by atoms with Crippen LogP contribution >= 0.6 is 12.4 Å².